The van der Waals surface area contributed by atoms with E-state index in [0.717, 1.165) is 24.3 Å². The Morgan fingerprint density at radius 3 is 2.26 bits per heavy atom. The SMILES string of the molecule is O=C(COC(=O)c1ccc(S(=O)(=O)C(F)F)cc1)NCc1ccccc1F. The van der Waals surface area contributed by atoms with Crippen LogP contribution in [0, 0.1) is 5.82 Å². The molecule has 0 heterocycles. The number of sulfone groups is 1. The summed E-state index contributed by atoms with van der Waals surface area (Å²) in [7, 11) is -4.76. The van der Waals surface area contributed by atoms with Crippen molar-refractivity contribution in [2.24, 2.45) is 0 Å². The number of halogens is 3. The number of nitrogens with one attached hydrogen (secondary N) is 1. The van der Waals surface area contributed by atoms with Gasteiger partial charge in [-0.15, -0.1) is 0 Å². The maximum Gasteiger partial charge on any atom is 0.341 e. The first-order valence-electron chi connectivity index (χ1n) is 7.51. The lowest BCUT2D eigenvalue weighted by Gasteiger charge is -2.08. The largest absolute Gasteiger partial charge is 0.452 e. The van der Waals surface area contributed by atoms with Crippen molar-refractivity contribution in [2.45, 2.75) is 17.2 Å². The monoisotopic (exact) mass is 401 g/mol. The van der Waals surface area contributed by atoms with Crippen LogP contribution >= 0.6 is 0 Å². The third kappa shape index (κ3) is 5.30. The number of benzene rings is 2. The van der Waals surface area contributed by atoms with Crippen LogP contribution in [0.3, 0.4) is 0 Å². The highest BCUT2D eigenvalue weighted by Crippen LogP contribution is 2.18. The van der Waals surface area contributed by atoms with Crippen molar-refractivity contribution >= 4 is 21.7 Å². The quantitative estimate of drug-likeness (QED) is 0.719. The number of carbonyl (C=O) groups is 2. The Labute approximate surface area is 152 Å². The van der Waals surface area contributed by atoms with Gasteiger partial charge >= 0.3 is 11.7 Å². The first-order valence-corrected chi connectivity index (χ1v) is 9.06. The number of rotatable bonds is 7. The highest BCUT2D eigenvalue weighted by atomic mass is 32.2. The van der Waals surface area contributed by atoms with E-state index in [1.54, 1.807) is 6.07 Å². The van der Waals surface area contributed by atoms with Gasteiger partial charge in [-0.1, -0.05) is 18.2 Å². The molecule has 0 saturated heterocycles. The molecule has 27 heavy (non-hydrogen) atoms. The number of hydrogen-bond acceptors (Lipinski definition) is 5. The van der Waals surface area contributed by atoms with E-state index in [4.69, 9.17) is 4.74 Å². The lowest BCUT2D eigenvalue weighted by atomic mass is 10.2. The zero-order valence-electron chi connectivity index (χ0n) is 13.7. The van der Waals surface area contributed by atoms with Crippen molar-refractivity contribution in [3.05, 3.63) is 65.5 Å². The van der Waals surface area contributed by atoms with Crippen LogP contribution in [-0.2, 0) is 25.9 Å². The number of hydrogen-bond donors (Lipinski definition) is 1. The Morgan fingerprint density at radius 2 is 1.67 bits per heavy atom. The van der Waals surface area contributed by atoms with Crippen LogP contribution in [-0.4, -0.2) is 32.7 Å². The maximum absolute atomic E-state index is 13.4. The van der Waals surface area contributed by atoms with Crippen molar-refractivity contribution in [1.82, 2.24) is 5.32 Å². The normalized spacial score (nSPS) is 11.3. The summed E-state index contributed by atoms with van der Waals surface area (Å²) in [6, 6.07) is 9.50. The van der Waals surface area contributed by atoms with E-state index in [2.05, 4.69) is 5.32 Å². The predicted octanol–water partition coefficient (Wildman–Crippen LogP) is 2.30. The van der Waals surface area contributed by atoms with Gasteiger partial charge in [-0.2, -0.15) is 8.78 Å². The van der Waals surface area contributed by atoms with Gasteiger partial charge in [0, 0.05) is 12.1 Å². The minimum Gasteiger partial charge on any atom is -0.452 e. The van der Waals surface area contributed by atoms with Crippen LogP contribution in [0.15, 0.2) is 53.4 Å². The summed E-state index contributed by atoms with van der Waals surface area (Å²) >= 11 is 0. The van der Waals surface area contributed by atoms with Gasteiger partial charge in [0.2, 0.25) is 9.84 Å². The second-order valence-electron chi connectivity index (χ2n) is 5.27. The van der Waals surface area contributed by atoms with Gasteiger partial charge in [0.1, 0.15) is 5.82 Å². The Bertz CT molecular complexity index is 930. The van der Waals surface area contributed by atoms with Gasteiger partial charge in [-0.3, -0.25) is 4.79 Å². The minimum atomic E-state index is -4.76. The fourth-order valence-electron chi connectivity index (χ4n) is 1.98. The highest BCUT2D eigenvalue weighted by Gasteiger charge is 2.26. The molecule has 1 N–H and O–H groups in total. The molecule has 6 nitrogen and oxygen atoms in total. The molecule has 0 spiro atoms. The molecular formula is C17H14F3NO5S. The number of amides is 1. The summed E-state index contributed by atoms with van der Waals surface area (Å²) in [4.78, 5) is 22.8. The van der Waals surface area contributed by atoms with Gasteiger partial charge in [0.15, 0.2) is 6.61 Å². The molecule has 2 rings (SSSR count). The summed E-state index contributed by atoms with van der Waals surface area (Å²) in [6.07, 6.45) is 0. The van der Waals surface area contributed by atoms with Gasteiger partial charge in [-0.25, -0.2) is 17.6 Å². The smallest absolute Gasteiger partial charge is 0.341 e. The summed E-state index contributed by atoms with van der Waals surface area (Å²) in [5.74, 6) is -5.69. The van der Waals surface area contributed by atoms with Crippen molar-refractivity contribution in [3.63, 3.8) is 0 Å². The first-order chi connectivity index (χ1) is 12.7. The molecule has 0 aliphatic rings. The Balaban J connectivity index is 1.88. The minimum absolute atomic E-state index is 0.0940. The van der Waals surface area contributed by atoms with E-state index in [1.807, 2.05) is 0 Å². The first kappa shape index (κ1) is 20.4. The number of esters is 1. The molecule has 1 amide bonds. The summed E-state index contributed by atoms with van der Waals surface area (Å²) < 4.78 is 65.6. The zero-order chi connectivity index (χ0) is 20.0. The molecule has 2 aromatic rings. The summed E-state index contributed by atoms with van der Waals surface area (Å²) in [5, 5.41) is 2.37. The van der Waals surface area contributed by atoms with Crippen LogP contribution in [0.1, 0.15) is 15.9 Å². The fraction of sp³-hybridized carbons (Fsp3) is 0.176. The lowest BCUT2D eigenvalue weighted by Crippen LogP contribution is -2.28. The zero-order valence-corrected chi connectivity index (χ0v) is 14.5. The molecule has 0 saturated carbocycles. The predicted molar refractivity (Wildman–Crippen MR) is 88.2 cm³/mol. The average Bonchev–Trinajstić information content (AvgIpc) is 2.65. The second-order valence-corrected chi connectivity index (χ2v) is 7.19. The molecule has 0 aromatic heterocycles. The van der Waals surface area contributed by atoms with Gasteiger partial charge in [0.25, 0.3) is 5.91 Å². The van der Waals surface area contributed by atoms with Crippen molar-refractivity contribution in [2.75, 3.05) is 6.61 Å². The number of ether oxygens (including phenoxy) is 1. The number of carbonyl (C=O) groups excluding carboxylic acids is 2. The van der Waals surface area contributed by atoms with Crippen LogP contribution in [0.5, 0.6) is 0 Å². The molecule has 2 aromatic carbocycles. The second kappa shape index (κ2) is 8.67. The molecule has 144 valence electrons. The fourth-order valence-corrected chi connectivity index (χ4v) is 2.71. The molecule has 10 heteroatoms. The van der Waals surface area contributed by atoms with Gasteiger partial charge in [0.05, 0.1) is 10.5 Å². The summed E-state index contributed by atoms with van der Waals surface area (Å²) in [6.45, 7) is -0.742. The van der Waals surface area contributed by atoms with Crippen molar-refractivity contribution in [1.29, 1.82) is 0 Å². The molecule has 0 aliphatic heterocycles. The average molecular weight is 401 g/mol. The molecule has 0 fully saturated rings. The van der Waals surface area contributed by atoms with Gasteiger partial charge < -0.3 is 10.1 Å². The topological polar surface area (TPSA) is 89.5 Å². The third-order valence-electron chi connectivity index (χ3n) is 3.42. The van der Waals surface area contributed by atoms with Crippen LogP contribution in [0.4, 0.5) is 13.2 Å². The van der Waals surface area contributed by atoms with Crippen LogP contribution < -0.4 is 5.32 Å². The standard InChI is InChI=1S/C17H14F3NO5S/c18-14-4-2-1-3-12(14)9-21-15(22)10-26-16(23)11-5-7-13(8-6-11)27(24,25)17(19)20/h1-8,17H,9-10H2,(H,21,22). The van der Waals surface area contributed by atoms with Crippen LogP contribution in [0.2, 0.25) is 0 Å². The Kier molecular flexibility index (Phi) is 6.56. The van der Waals surface area contributed by atoms with E-state index in [-0.39, 0.29) is 17.7 Å². The maximum atomic E-state index is 13.4. The van der Waals surface area contributed by atoms with Gasteiger partial charge in [-0.05, 0) is 30.3 Å². The van der Waals surface area contributed by atoms with Crippen molar-refractivity contribution in [3.8, 4) is 0 Å². The Hall–Kier alpha value is -2.88. The van der Waals surface area contributed by atoms with E-state index in [1.165, 1.54) is 18.2 Å². The molecule has 0 radical (unpaired) electrons. The molecule has 0 bridgehead atoms. The van der Waals surface area contributed by atoms with Crippen LogP contribution in [0.25, 0.3) is 0 Å². The molecular weight excluding hydrogens is 387 g/mol. The molecule has 0 atom stereocenters. The third-order valence-corrected chi connectivity index (χ3v) is 4.82. The lowest BCUT2D eigenvalue weighted by molar-refractivity contribution is -0.124. The number of alkyl halides is 2. The van der Waals surface area contributed by atoms with E-state index < -0.39 is 44.8 Å². The van der Waals surface area contributed by atoms with E-state index >= 15 is 0 Å². The molecule has 0 unspecified atom stereocenters. The van der Waals surface area contributed by atoms with E-state index in [9.17, 15) is 31.2 Å². The highest BCUT2D eigenvalue weighted by molar-refractivity contribution is 7.91. The summed E-state index contributed by atoms with van der Waals surface area (Å²) in [5.41, 5.74) is 0.137. The van der Waals surface area contributed by atoms with E-state index in [0.29, 0.717) is 0 Å². The van der Waals surface area contributed by atoms with Crippen molar-refractivity contribution < 1.29 is 35.9 Å². The molecule has 0 aliphatic carbocycles. The Morgan fingerprint density at radius 1 is 1.04 bits per heavy atom.